The number of furan rings is 1. The quantitative estimate of drug-likeness (QED) is 0.401. The highest BCUT2D eigenvalue weighted by molar-refractivity contribution is 6.05. The predicted octanol–water partition coefficient (Wildman–Crippen LogP) is 4.81. The van der Waals surface area contributed by atoms with E-state index in [2.05, 4.69) is 0 Å². The van der Waals surface area contributed by atoms with Crippen LogP contribution in [-0.4, -0.2) is 13.1 Å². The average molecular weight is 318 g/mol. The van der Waals surface area contributed by atoms with Crippen molar-refractivity contribution in [2.75, 3.05) is 7.11 Å². The molecule has 0 amide bonds. The smallest absolute Gasteiger partial charge is 0.343 e. The van der Waals surface area contributed by atoms with E-state index in [9.17, 15) is 4.79 Å². The number of para-hydroxylation sites is 1. The number of carbonyl (C=O) groups is 1. The molecule has 4 heteroatoms. The lowest BCUT2D eigenvalue weighted by Crippen LogP contribution is -2.08. The highest BCUT2D eigenvalue weighted by Crippen LogP contribution is 2.31. The highest BCUT2D eigenvalue weighted by Gasteiger charge is 2.11. The average Bonchev–Trinajstić information content (AvgIpc) is 3.00. The molecule has 0 saturated carbocycles. The van der Waals surface area contributed by atoms with Crippen molar-refractivity contribution in [3.63, 3.8) is 0 Å². The molecule has 1 heterocycles. The lowest BCUT2D eigenvalue weighted by atomic mass is 10.1. The SMILES string of the molecule is COc1ccc(C(=O)Oc2ccc3oc4ccccc4c3c2)cc1. The van der Waals surface area contributed by atoms with E-state index in [1.54, 1.807) is 37.4 Å². The molecule has 24 heavy (non-hydrogen) atoms. The summed E-state index contributed by atoms with van der Waals surface area (Å²) < 4.78 is 16.3. The number of ether oxygens (including phenoxy) is 2. The van der Waals surface area contributed by atoms with Gasteiger partial charge in [0.05, 0.1) is 12.7 Å². The van der Waals surface area contributed by atoms with Gasteiger partial charge in [-0.05, 0) is 48.5 Å². The fourth-order valence-electron chi connectivity index (χ4n) is 2.66. The lowest BCUT2D eigenvalue weighted by molar-refractivity contribution is 0.0735. The number of rotatable bonds is 3. The van der Waals surface area contributed by atoms with Gasteiger partial charge in [-0.15, -0.1) is 0 Å². The standard InChI is InChI=1S/C20H14O4/c1-22-14-8-6-13(7-9-14)20(21)23-15-10-11-19-17(12-15)16-4-2-3-5-18(16)24-19/h2-12H,1H3. The van der Waals surface area contributed by atoms with E-state index in [1.807, 2.05) is 36.4 Å². The van der Waals surface area contributed by atoms with Crippen molar-refractivity contribution in [3.8, 4) is 11.5 Å². The molecule has 0 aliphatic rings. The van der Waals surface area contributed by atoms with Crippen molar-refractivity contribution in [2.24, 2.45) is 0 Å². The second-order valence-corrected chi connectivity index (χ2v) is 5.37. The number of hydrogen-bond donors (Lipinski definition) is 0. The molecule has 0 spiro atoms. The Morgan fingerprint density at radius 1 is 0.833 bits per heavy atom. The van der Waals surface area contributed by atoms with Gasteiger partial charge in [0.2, 0.25) is 0 Å². The van der Waals surface area contributed by atoms with E-state index in [1.165, 1.54) is 0 Å². The van der Waals surface area contributed by atoms with Gasteiger partial charge in [0.25, 0.3) is 0 Å². The molecule has 4 aromatic rings. The first kappa shape index (κ1) is 14.3. The minimum absolute atomic E-state index is 0.412. The first-order chi connectivity index (χ1) is 11.7. The zero-order chi connectivity index (χ0) is 16.5. The van der Waals surface area contributed by atoms with E-state index >= 15 is 0 Å². The van der Waals surface area contributed by atoms with Crippen LogP contribution in [0.1, 0.15) is 10.4 Å². The molecule has 1 aromatic heterocycles. The van der Waals surface area contributed by atoms with Gasteiger partial charge < -0.3 is 13.9 Å². The Balaban J connectivity index is 1.66. The monoisotopic (exact) mass is 318 g/mol. The van der Waals surface area contributed by atoms with E-state index in [-0.39, 0.29) is 0 Å². The third-order valence-electron chi connectivity index (χ3n) is 3.88. The van der Waals surface area contributed by atoms with Gasteiger partial charge in [0.15, 0.2) is 0 Å². The molecule has 0 fully saturated rings. The van der Waals surface area contributed by atoms with E-state index in [0.717, 1.165) is 21.9 Å². The second kappa shape index (κ2) is 5.74. The molecule has 0 radical (unpaired) electrons. The Hall–Kier alpha value is -3.27. The maximum atomic E-state index is 12.3. The molecule has 0 aliphatic heterocycles. The molecule has 0 bridgehead atoms. The number of esters is 1. The normalized spacial score (nSPS) is 10.9. The van der Waals surface area contributed by atoms with Crippen molar-refractivity contribution in [2.45, 2.75) is 0 Å². The van der Waals surface area contributed by atoms with Gasteiger partial charge in [0, 0.05) is 10.8 Å². The van der Waals surface area contributed by atoms with Crippen LogP contribution < -0.4 is 9.47 Å². The summed E-state index contributed by atoms with van der Waals surface area (Å²) in [6, 6.07) is 19.9. The van der Waals surface area contributed by atoms with Crippen LogP contribution in [0.25, 0.3) is 21.9 Å². The van der Waals surface area contributed by atoms with Crippen LogP contribution in [0.3, 0.4) is 0 Å². The van der Waals surface area contributed by atoms with Crippen LogP contribution in [0.5, 0.6) is 11.5 Å². The van der Waals surface area contributed by atoms with E-state index < -0.39 is 5.97 Å². The Kier molecular flexibility index (Phi) is 3.43. The Morgan fingerprint density at radius 3 is 2.33 bits per heavy atom. The third kappa shape index (κ3) is 2.48. The Morgan fingerprint density at radius 2 is 1.54 bits per heavy atom. The Bertz CT molecular complexity index is 1030. The predicted molar refractivity (Wildman–Crippen MR) is 91.7 cm³/mol. The van der Waals surface area contributed by atoms with Gasteiger partial charge in [-0.1, -0.05) is 18.2 Å². The van der Waals surface area contributed by atoms with Crippen LogP contribution >= 0.6 is 0 Å². The minimum Gasteiger partial charge on any atom is -0.497 e. The molecule has 0 atom stereocenters. The number of hydrogen-bond acceptors (Lipinski definition) is 4. The van der Waals surface area contributed by atoms with Crippen molar-refractivity contribution >= 4 is 27.9 Å². The molecule has 0 saturated heterocycles. The molecule has 4 rings (SSSR count). The molecular weight excluding hydrogens is 304 g/mol. The molecule has 0 N–H and O–H groups in total. The summed E-state index contributed by atoms with van der Waals surface area (Å²) in [4.78, 5) is 12.3. The molecular formula is C20H14O4. The third-order valence-corrected chi connectivity index (χ3v) is 3.88. The van der Waals surface area contributed by atoms with Crippen molar-refractivity contribution in [3.05, 3.63) is 72.3 Å². The minimum atomic E-state index is -0.412. The van der Waals surface area contributed by atoms with Crippen molar-refractivity contribution in [1.82, 2.24) is 0 Å². The second-order valence-electron chi connectivity index (χ2n) is 5.37. The summed E-state index contributed by atoms with van der Waals surface area (Å²) >= 11 is 0. The summed E-state index contributed by atoms with van der Waals surface area (Å²) in [7, 11) is 1.58. The fourth-order valence-corrected chi connectivity index (χ4v) is 2.66. The van der Waals surface area contributed by atoms with Crippen LogP contribution in [0.2, 0.25) is 0 Å². The molecule has 0 aliphatic carbocycles. The van der Waals surface area contributed by atoms with E-state index in [0.29, 0.717) is 17.1 Å². The fraction of sp³-hybridized carbons (Fsp3) is 0.0500. The Labute approximate surface area is 138 Å². The summed E-state index contributed by atoms with van der Waals surface area (Å²) in [5, 5.41) is 1.92. The maximum absolute atomic E-state index is 12.3. The van der Waals surface area contributed by atoms with Gasteiger partial charge in [-0.2, -0.15) is 0 Å². The van der Waals surface area contributed by atoms with Crippen LogP contribution in [-0.2, 0) is 0 Å². The summed E-state index contributed by atoms with van der Waals surface area (Å²) in [6.45, 7) is 0. The van der Waals surface area contributed by atoms with Gasteiger partial charge in [-0.25, -0.2) is 4.79 Å². The largest absolute Gasteiger partial charge is 0.497 e. The molecule has 3 aromatic carbocycles. The van der Waals surface area contributed by atoms with Crippen LogP contribution in [0.4, 0.5) is 0 Å². The number of fused-ring (bicyclic) bond motifs is 3. The zero-order valence-corrected chi connectivity index (χ0v) is 13.0. The number of carbonyl (C=O) groups excluding carboxylic acids is 1. The maximum Gasteiger partial charge on any atom is 0.343 e. The summed E-state index contributed by atoms with van der Waals surface area (Å²) in [6.07, 6.45) is 0. The van der Waals surface area contributed by atoms with E-state index in [4.69, 9.17) is 13.9 Å². The first-order valence-electron chi connectivity index (χ1n) is 7.52. The molecule has 0 unspecified atom stereocenters. The topological polar surface area (TPSA) is 48.7 Å². The number of methoxy groups -OCH3 is 1. The zero-order valence-electron chi connectivity index (χ0n) is 13.0. The van der Waals surface area contributed by atoms with Crippen molar-refractivity contribution < 1.29 is 18.7 Å². The number of benzene rings is 3. The van der Waals surface area contributed by atoms with Gasteiger partial charge >= 0.3 is 5.97 Å². The lowest BCUT2D eigenvalue weighted by Gasteiger charge is -2.05. The highest BCUT2D eigenvalue weighted by atomic mass is 16.5. The molecule has 118 valence electrons. The van der Waals surface area contributed by atoms with Crippen LogP contribution in [0, 0.1) is 0 Å². The van der Waals surface area contributed by atoms with Gasteiger partial charge in [-0.3, -0.25) is 0 Å². The van der Waals surface area contributed by atoms with Gasteiger partial charge in [0.1, 0.15) is 22.7 Å². The summed E-state index contributed by atoms with van der Waals surface area (Å²) in [5.74, 6) is 0.762. The first-order valence-corrected chi connectivity index (χ1v) is 7.52. The summed E-state index contributed by atoms with van der Waals surface area (Å²) in [5.41, 5.74) is 2.04. The van der Waals surface area contributed by atoms with Crippen LogP contribution in [0.15, 0.2) is 71.1 Å². The van der Waals surface area contributed by atoms with Crippen molar-refractivity contribution in [1.29, 1.82) is 0 Å². The molecule has 4 nitrogen and oxygen atoms in total.